The summed E-state index contributed by atoms with van der Waals surface area (Å²) in [5, 5.41) is 11.0. The average molecular weight is 389 g/mol. The summed E-state index contributed by atoms with van der Waals surface area (Å²) in [5.41, 5.74) is 3.75. The van der Waals surface area contributed by atoms with Crippen LogP contribution in [0.4, 0.5) is 11.5 Å². The van der Waals surface area contributed by atoms with Crippen molar-refractivity contribution in [2.75, 3.05) is 5.32 Å². The Morgan fingerprint density at radius 2 is 2.17 bits per heavy atom. The molecule has 0 aromatic carbocycles. The van der Waals surface area contributed by atoms with Crippen LogP contribution in [0.3, 0.4) is 0 Å². The topological polar surface area (TPSA) is 97.8 Å². The van der Waals surface area contributed by atoms with Gasteiger partial charge in [0.2, 0.25) is 0 Å². The van der Waals surface area contributed by atoms with Crippen LogP contribution in [0.25, 0.3) is 11.3 Å². The lowest BCUT2D eigenvalue weighted by molar-refractivity contribution is 0.0274. The number of amides is 1. The van der Waals surface area contributed by atoms with Gasteiger partial charge in [0.25, 0.3) is 5.91 Å². The molecule has 1 aliphatic heterocycles. The highest BCUT2D eigenvalue weighted by Gasteiger charge is 2.31. The minimum Gasteiger partial charge on any atom is -0.371 e. The van der Waals surface area contributed by atoms with Crippen LogP contribution in [0.2, 0.25) is 0 Å². The molecule has 9 heteroatoms. The van der Waals surface area contributed by atoms with Crippen molar-refractivity contribution < 1.29 is 9.53 Å². The Hall–Kier alpha value is -3.46. The maximum absolute atomic E-state index is 12.9. The van der Waals surface area contributed by atoms with Crippen molar-refractivity contribution in [1.82, 2.24) is 29.3 Å². The number of hydrogen-bond acceptors (Lipinski definition) is 6. The van der Waals surface area contributed by atoms with Gasteiger partial charge in [-0.2, -0.15) is 0 Å². The molecule has 6 rings (SSSR count). The Balaban J connectivity index is 1.51. The second kappa shape index (κ2) is 6.28. The van der Waals surface area contributed by atoms with E-state index in [1.807, 2.05) is 35.0 Å². The van der Waals surface area contributed by atoms with Crippen LogP contribution in [0.15, 0.2) is 43.0 Å². The quantitative estimate of drug-likeness (QED) is 0.479. The molecule has 1 saturated carbocycles. The van der Waals surface area contributed by atoms with Crippen LogP contribution in [-0.4, -0.2) is 42.0 Å². The number of fused-ring (bicyclic) bond motifs is 6. The monoisotopic (exact) mass is 389 g/mol. The first-order valence-corrected chi connectivity index (χ1v) is 9.74. The van der Waals surface area contributed by atoms with Crippen LogP contribution >= 0.6 is 0 Å². The average Bonchev–Trinajstić information content (AvgIpc) is 3.44. The predicted octanol–water partition coefficient (Wildman–Crippen LogP) is 2.30. The van der Waals surface area contributed by atoms with E-state index < -0.39 is 0 Å². The minimum atomic E-state index is -0.186. The molecule has 2 aliphatic rings. The van der Waals surface area contributed by atoms with Crippen LogP contribution in [0, 0.1) is 0 Å². The Labute approximate surface area is 165 Å². The predicted molar refractivity (Wildman–Crippen MR) is 105 cm³/mol. The van der Waals surface area contributed by atoms with Gasteiger partial charge in [-0.05, 0) is 37.5 Å². The van der Waals surface area contributed by atoms with Crippen molar-refractivity contribution >= 4 is 28.7 Å². The second-order valence-electron chi connectivity index (χ2n) is 7.53. The Kier molecular flexibility index (Phi) is 3.57. The molecule has 4 bridgehead atoms. The molecular weight excluding hydrogens is 370 g/mol. The highest BCUT2D eigenvalue weighted by Crippen LogP contribution is 2.26. The molecule has 1 amide bonds. The number of nitrogens with one attached hydrogen (secondary N) is 2. The zero-order valence-electron chi connectivity index (χ0n) is 15.6. The van der Waals surface area contributed by atoms with Gasteiger partial charge in [0.1, 0.15) is 5.65 Å². The molecule has 9 nitrogen and oxygen atoms in total. The lowest BCUT2D eigenvalue weighted by Gasteiger charge is -2.22. The molecule has 0 spiro atoms. The number of carbonyl (C=O) groups excluding carboxylic acids is 1. The highest BCUT2D eigenvalue weighted by atomic mass is 16.5. The Morgan fingerprint density at radius 3 is 3.14 bits per heavy atom. The minimum absolute atomic E-state index is 0.0313. The third kappa shape index (κ3) is 2.73. The van der Waals surface area contributed by atoms with E-state index in [1.165, 1.54) is 0 Å². The number of rotatable bonds is 0. The van der Waals surface area contributed by atoms with E-state index in [4.69, 9.17) is 4.74 Å². The number of hydrogen-bond donors (Lipinski definition) is 2. The second-order valence-corrected chi connectivity index (χ2v) is 7.53. The molecule has 1 fully saturated rings. The standard InChI is InChI=1S/C20H19N7O2/c28-20-15-9-22-18-5-4-17(25-27(15)18)23-13-8-12(19-21-6-7-26(19)10-13)11-29-16-3-1-2-14(16)24-20/h4-10,14,16H,1-3,11H2,(H,23,25)(H,24,28)/t14-,16-/m1/s1. The first kappa shape index (κ1) is 16.5. The van der Waals surface area contributed by atoms with Crippen molar-refractivity contribution in [3.8, 4) is 0 Å². The zero-order chi connectivity index (χ0) is 19.4. The molecule has 5 heterocycles. The normalized spacial score (nSPS) is 21.7. The molecule has 146 valence electrons. The first-order chi connectivity index (χ1) is 14.2. The largest absolute Gasteiger partial charge is 0.371 e. The third-order valence-electron chi connectivity index (χ3n) is 5.65. The summed E-state index contributed by atoms with van der Waals surface area (Å²) in [5.74, 6) is 0.431. The Morgan fingerprint density at radius 1 is 1.21 bits per heavy atom. The molecule has 2 atom stereocenters. The van der Waals surface area contributed by atoms with Crippen LogP contribution in [-0.2, 0) is 11.3 Å². The maximum atomic E-state index is 12.9. The zero-order valence-corrected chi connectivity index (χ0v) is 15.6. The van der Waals surface area contributed by atoms with Crippen molar-refractivity contribution in [3.05, 3.63) is 54.2 Å². The number of aromatic nitrogens is 5. The summed E-state index contributed by atoms with van der Waals surface area (Å²) in [6, 6.07) is 5.70. The lowest BCUT2D eigenvalue weighted by atomic mass is 10.2. The van der Waals surface area contributed by atoms with Gasteiger partial charge in [-0.15, -0.1) is 5.10 Å². The molecule has 0 unspecified atom stereocenters. The fourth-order valence-electron chi connectivity index (χ4n) is 4.25. The number of imidazole rings is 2. The summed E-state index contributed by atoms with van der Waals surface area (Å²) < 4.78 is 9.80. The summed E-state index contributed by atoms with van der Waals surface area (Å²) in [6.45, 7) is 0.428. The molecule has 0 radical (unpaired) electrons. The van der Waals surface area contributed by atoms with E-state index in [-0.39, 0.29) is 18.1 Å². The van der Waals surface area contributed by atoms with E-state index >= 15 is 0 Å². The summed E-state index contributed by atoms with van der Waals surface area (Å²) in [4.78, 5) is 21.7. The van der Waals surface area contributed by atoms with Crippen molar-refractivity contribution in [1.29, 1.82) is 0 Å². The molecule has 0 saturated heterocycles. The van der Waals surface area contributed by atoms with Gasteiger partial charge in [-0.1, -0.05) is 0 Å². The van der Waals surface area contributed by atoms with Gasteiger partial charge in [0.15, 0.2) is 17.2 Å². The number of nitrogens with zero attached hydrogens (tertiary/aromatic N) is 5. The number of carbonyl (C=O) groups is 1. The fraction of sp³-hybridized carbons (Fsp3) is 0.300. The summed E-state index contributed by atoms with van der Waals surface area (Å²) in [6.07, 6.45) is 10.0. The number of anilines is 2. The molecule has 4 aromatic heterocycles. The molecule has 1 aliphatic carbocycles. The maximum Gasteiger partial charge on any atom is 0.271 e. The Bertz CT molecular complexity index is 1240. The van der Waals surface area contributed by atoms with Gasteiger partial charge in [-0.25, -0.2) is 14.5 Å². The molecule has 4 aromatic rings. The van der Waals surface area contributed by atoms with Gasteiger partial charge < -0.3 is 19.8 Å². The van der Waals surface area contributed by atoms with E-state index in [0.29, 0.717) is 23.8 Å². The van der Waals surface area contributed by atoms with Gasteiger partial charge in [-0.3, -0.25) is 4.79 Å². The van der Waals surface area contributed by atoms with E-state index in [1.54, 1.807) is 16.9 Å². The number of pyridine rings is 1. The molecular formula is C20H19N7O2. The molecule has 29 heavy (non-hydrogen) atoms. The van der Waals surface area contributed by atoms with Gasteiger partial charge in [0, 0.05) is 24.2 Å². The van der Waals surface area contributed by atoms with E-state index in [2.05, 4.69) is 25.7 Å². The first-order valence-electron chi connectivity index (χ1n) is 9.74. The fourth-order valence-corrected chi connectivity index (χ4v) is 4.25. The van der Waals surface area contributed by atoms with Crippen LogP contribution in [0.1, 0.15) is 35.3 Å². The smallest absolute Gasteiger partial charge is 0.271 e. The highest BCUT2D eigenvalue weighted by molar-refractivity contribution is 5.93. The molecule has 2 N–H and O–H groups in total. The van der Waals surface area contributed by atoms with Crippen LogP contribution < -0.4 is 10.6 Å². The summed E-state index contributed by atoms with van der Waals surface area (Å²) in [7, 11) is 0. The van der Waals surface area contributed by atoms with E-state index in [0.717, 1.165) is 36.2 Å². The van der Waals surface area contributed by atoms with Crippen molar-refractivity contribution in [3.63, 3.8) is 0 Å². The van der Waals surface area contributed by atoms with Crippen LogP contribution in [0.5, 0.6) is 0 Å². The lowest BCUT2D eigenvalue weighted by Crippen LogP contribution is -2.41. The summed E-state index contributed by atoms with van der Waals surface area (Å²) >= 11 is 0. The SMILES string of the molecule is O=C1N[C@@H]2CCC[C@H]2OCc2cc(cn3ccnc23)Nc2ccc3ncc1n3n2. The van der Waals surface area contributed by atoms with Crippen molar-refractivity contribution in [2.24, 2.45) is 0 Å². The number of ether oxygens (including phenoxy) is 1. The van der Waals surface area contributed by atoms with Crippen molar-refractivity contribution in [2.45, 2.75) is 38.0 Å². The van der Waals surface area contributed by atoms with E-state index in [9.17, 15) is 4.79 Å². The van der Waals surface area contributed by atoms with Gasteiger partial charge >= 0.3 is 0 Å². The third-order valence-corrected chi connectivity index (χ3v) is 5.65. The van der Waals surface area contributed by atoms with Gasteiger partial charge in [0.05, 0.1) is 30.6 Å².